The largest absolute Gasteiger partial charge is 0.319 e. The van der Waals surface area contributed by atoms with Crippen molar-refractivity contribution in [2.45, 2.75) is 33.6 Å². The van der Waals surface area contributed by atoms with Crippen molar-refractivity contribution in [1.82, 2.24) is 5.32 Å². The van der Waals surface area contributed by atoms with E-state index in [1.54, 1.807) is 0 Å². The smallest absolute Gasteiger partial charge is 0.00204 e. The summed E-state index contributed by atoms with van der Waals surface area (Å²) < 4.78 is 0. The zero-order valence-electron chi connectivity index (χ0n) is 10.4. The average molecular weight is 205 g/mol. The van der Waals surface area contributed by atoms with E-state index in [2.05, 4.69) is 44.3 Å². The third-order valence-electron chi connectivity index (χ3n) is 3.08. The molecule has 0 bridgehead atoms. The van der Waals surface area contributed by atoms with Crippen LogP contribution in [0, 0.1) is 19.8 Å². The van der Waals surface area contributed by atoms with Crippen molar-refractivity contribution in [2.24, 2.45) is 5.92 Å². The molecule has 0 fully saturated rings. The Balaban J connectivity index is 2.73. The Morgan fingerprint density at radius 3 is 2.60 bits per heavy atom. The van der Waals surface area contributed by atoms with Crippen LogP contribution in [0.1, 0.15) is 30.0 Å². The third kappa shape index (κ3) is 3.67. The highest BCUT2D eigenvalue weighted by Gasteiger charge is 2.08. The molecular formula is C14H23N. The minimum Gasteiger partial charge on any atom is -0.319 e. The Bertz CT molecular complexity index is 304. The predicted molar refractivity (Wildman–Crippen MR) is 67.3 cm³/mol. The molecule has 84 valence electrons. The molecule has 1 rings (SSSR count). The van der Waals surface area contributed by atoms with Crippen LogP contribution in [-0.2, 0) is 6.42 Å². The summed E-state index contributed by atoms with van der Waals surface area (Å²) in [7, 11) is 2.03. The SMILES string of the molecule is CCC(CNC)Cc1cc(C)ccc1C. The average Bonchev–Trinajstić information content (AvgIpc) is 2.22. The molecule has 0 saturated heterocycles. The van der Waals surface area contributed by atoms with Gasteiger partial charge in [0, 0.05) is 0 Å². The summed E-state index contributed by atoms with van der Waals surface area (Å²) in [6.07, 6.45) is 2.44. The van der Waals surface area contributed by atoms with Crippen LogP contribution in [0.5, 0.6) is 0 Å². The third-order valence-corrected chi connectivity index (χ3v) is 3.08. The lowest BCUT2D eigenvalue weighted by Gasteiger charge is -2.16. The Morgan fingerprint density at radius 1 is 1.27 bits per heavy atom. The summed E-state index contributed by atoms with van der Waals surface area (Å²) >= 11 is 0. The van der Waals surface area contributed by atoms with Crippen LogP contribution in [0.3, 0.4) is 0 Å². The summed E-state index contributed by atoms with van der Waals surface area (Å²) in [5.74, 6) is 0.760. The predicted octanol–water partition coefficient (Wildman–Crippen LogP) is 3.09. The molecule has 0 aliphatic rings. The summed E-state index contributed by atoms with van der Waals surface area (Å²) in [6, 6.07) is 6.75. The minimum absolute atomic E-state index is 0.760. The Morgan fingerprint density at radius 2 is 2.00 bits per heavy atom. The first-order chi connectivity index (χ1) is 7.17. The first kappa shape index (κ1) is 12.3. The quantitative estimate of drug-likeness (QED) is 0.779. The second-order valence-corrected chi connectivity index (χ2v) is 4.47. The van der Waals surface area contributed by atoms with E-state index in [-0.39, 0.29) is 0 Å². The van der Waals surface area contributed by atoms with Gasteiger partial charge in [0.1, 0.15) is 0 Å². The second-order valence-electron chi connectivity index (χ2n) is 4.47. The van der Waals surface area contributed by atoms with Crippen molar-refractivity contribution in [1.29, 1.82) is 0 Å². The zero-order chi connectivity index (χ0) is 11.3. The summed E-state index contributed by atoms with van der Waals surface area (Å²) in [4.78, 5) is 0. The van der Waals surface area contributed by atoms with Gasteiger partial charge in [-0.05, 0) is 50.9 Å². The van der Waals surface area contributed by atoms with E-state index in [1.807, 2.05) is 7.05 Å². The van der Waals surface area contributed by atoms with Gasteiger partial charge in [0.2, 0.25) is 0 Å². The van der Waals surface area contributed by atoms with Gasteiger partial charge in [0.15, 0.2) is 0 Å². The normalized spacial score (nSPS) is 12.8. The van der Waals surface area contributed by atoms with E-state index in [0.29, 0.717) is 0 Å². The minimum atomic E-state index is 0.760. The molecule has 0 aliphatic carbocycles. The highest BCUT2D eigenvalue weighted by Crippen LogP contribution is 2.17. The summed E-state index contributed by atoms with van der Waals surface area (Å²) in [5, 5.41) is 3.27. The first-order valence-corrected chi connectivity index (χ1v) is 5.88. The lowest BCUT2D eigenvalue weighted by molar-refractivity contribution is 0.480. The number of aryl methyl sites for hydroxylation is 2. The number of hydrogen-bond acceptors (Lipinski definition) is 1. The van der Waals surface area contributed by atoms with Crippen molar-refractivity contribution in [2.75, 3.05) is 13.6 Å². The number of benzene rings is 1. The van der Waals surface area contributed by atoms with E-state index >= 15 is 0 Å². The van der Waals surface area contributed by atoms with Crippen molar-refractivity contribution >= 4 is 0 Å². The van der Waals surface area contributed by atoms with Crippen molar-refractivity contribution in [3.63, 3.8) is 0 Å². The molecule has 0 saturated carbocycles. The van der Waals surface area contributed by atoms with Gasteiger partial charge in [-0.2, -0.15) is 0 Å². The second kappa shape index (κ2) is 5.92. The monoisotopic (exact) mass is 205 g/mol. The van der Waals surface area contributed by atoms with Crippen molar-refractivity contribution < 1.29 is 0 Å². The molecular weight excluding hydrogens is 182 g/mol. The van der Waals surface area contributed by atoms with E-state index < -0.39 is 0 Å². The van der Waals surface area contributed by atoms with Crippen molar-refractivity contribution in [3.8, 4) is 0 Å². The van der Waals surface area contributed by atoms with Crippen LogP contribution in [-0.4, -0.2) is 13.6 Å². The van der Waals surface area contributed by atoms with E-state index in [4.69, 9.17) is 0 Å². The molecule has 1 N–H and O–H groups in total. The van der Waals surface area contributed by atoms with Crippen molar-refractivity contribution in [3.05, 3.63) is 34.9 Å². The first-order valence-electron chi connectivity index (χ1n) is 5.88. The van der Waals surface area contributed by atoms with E-state index in [0.717, 1.165) is 12.5 Å². The maximum absolute atomic E-state index is 3.27. The fourth-order valence-corrected chi connectivity index (χ4v) is 1.98. The molecule has 1 unspecified atom stereocenters. The van der Waals surface area contributed by atoms with E-state index in [1.165, 1.54) is 29.5 Å². The molecule has 1 aromatic carbocycles. The Hall–Kier alpha value is -0.820. The van der Waals surface area contributed by atoms with Gasteiger partial charge < -0.3 is 5.32 Å². The van der Waals surface area contributed by atoms with Crippen LogP contribution in [0.2, 0.25) is 0 Å². The summed E-state index contributed by atoms with van der Waals surface area (Å²) in [6.45, 7) is 7.76. The standard InChI is InChI=1S/C14H23N/c1-5-13(10-15-4)9-14-8-11(2)6-7-12(14)3/h6-8,13,15H,5,9-10H2,1-4H3. The van der Waals surface area contributed by atoms with Gasteiger partial charge in [-0.1, -0.05) is 37.1 Å². The molecule has 1 nitrogen and oxygen atoms in total. The molecule has 0 radical (unpaired) electrons. The van der Waals surface area contributed by atoms with Crippen LogP contribution in [0.25, 0.3) is 0 Å². The number of hydrogen-bond donors (Lipinski definition) is 1. The highest BCUT2D eigenvalue weighted by atomic mass is 14.8. The molecule has 0 aromatic heterocycles. The van der Waals surface area contributed by atoms with Gasteiger partial charge in [-0.15, -0.1) is 0 Å². The summed E-state index contributed by atoms with van der Waals surface area (Å²) in [5.41, 5.74) is 4.31. The van der Waals surface area contributed by atoms with Gasteiger partial charge in [-0.3, -0.25) is 0 Å². The lowest BCUT2D eigenvalue weighted by atomic mass is 9.93. The molecule has 0 spiro atoms. The molecule has 15 heavy (non-hydrogen) atoms. The Labute approximate surface area is 93.9 Å². The molecule has 1 aromatic rings. The van der Waals surface area contributed by atoms with Gasteiger partial charge >= 0.3 is 0 Å². The molecule has 0 aliphatic heterocycles. The fraction of sp³-hybridized carbons (Fsp3) is 0.571. The fourth-order valence-electron chi connectivity index (χ4n) is 1.98. The maximum atomic E-state index is 3.27. The Kier molecular flexibility index (Phi) is 4.83. The van der Waals surface area contributed by atoms with E-state index in [9.17, 15) is 0 Å². The number of nitrogens with one attached hydrogen (secondary N) is 1. The number of rotatable bonds is 5. The van der Waals surface area contributed by atoms with Crippen LogP contribution < -0.4 is 5.32 Å². The van der Waals surface area contributed by atoms with Gasteiger partial charge in [0.05, 0.1) is 0 Å². The topological polar surface area (TPSA) is 12.0 Å². The zero-order valence-corrected chi connectivity index (χ0v) is 10.4. The van der Waals surface area contributed by atoms with Gasteiger partial charge in [-0.25, -0.2) is 0 Å². The van der Waals surface area contributed by atoms with Crippen LogP contribution in [0.4, 0.5) is 0 Å². The van der Waals surface area contributed by atoms with Crippen LogP contribution in [0.15, 0.2) is 18.2 Å². The molecule has 0 heterocycles. The maximum Gasteiger partial charge on any atom is -0.00204 e. The molecule has 1 atom stereocenters. The molecule has 0 amide bonds. The lowest BCUT2D eigenvalue weighted by Crippen LogP contribution is -2.20. The van der Waals surface area contributed by atoms with Gasteiger partial charge in [0.25, 0.3) is 0 Å². The highest BCUT2D eigenvalue weighted by molar-refractivity contribution is 5.30. The van der Waals surface area contributed by atoms with Crippen LogP contribution >= 0.6 is 0 Å². The molecule has 1 heteroatoms.